The summed E-state index contributed by atoms with van der Waals surface area (Å²) in [6, 6.07) is 0. The Bertz CT molecular complexity index is 184. The Morgan fingerprint density at radius 2 is 1.86 bits per heavy atom. The maximum atomic E-state index is 10.6. The van der Waals surface area contributed by atoms with Gasteiger partial charge >= 0.3 is 0 Å². The first kappa shape index (κ1) is 10.5. The topological polar surface area (TPSA) is 20.2 Å². The molecule has 0 saturated heterocycles. The molecule has 0 heterocycles. The zero-order valence-electron chi connectivity index (χ0n) is 9.47. The highest BCUT2D eigenvalue weighted by atomic mass is 16.3. The van der Waals surface area contributed by atoms with Gasteiger partial charge in [-0.15, -0.1) is 0 Å². The predicted molar refractivity (Wildman–Crippen MR) is 59.2 cm³/mol. The van der Waals surface area contributed by atoms with Gasteiger partial charge in [0.1, 0.15) is 0 Å². The van der Waals surface area contributed by atoms with Crippen LogP contribution < -0.4 is 0 Å². The van der Waals surface area contributed by atoms with E-state index in [9.17, 15) is 5.11 Å². The Balaban J connectivity index is 1.92. The first-order valence-corrected chi connectivity index (χ1v) is 6.47. The summed E-state index contributed by atoms with van der Waals surface area (Å²) in [6.07, 6.45) is 11.4. The molecule has 0 radical (unpaired) electrons. The molecule has 1 heteroatoms. The summed E-state index contributed by atoms with van der Waals surface area (Å²) in [4.78, 5) is 0. The molecule has 0 aromatic carbocycles. The van der Waals surface area contributed by atoms with Crippen molar-refractivity contribution >= 4 is 0 Å². The summed E-state index contributed by atoms with van der Waals surface area (Å²) in [5.74, 6) is 1.44. The van der Waals surface area contributed by atoms with Crippen LogP contribution in [0.25, 0.3) is 0 Å². The lowest BCUT2D eigenvalue weighted by Gasteiger charge is -2.32. The summed E-state index contributed by atoms with van der Waals surface area (Å²) < 4.78 is 0. The molecule has 1 nitrogen and oxygen atoms in total. The van der Waals surface area contributed by atoms with E-state index in [2.05, 4.69) is 6.92 Å². The number of rotatable bonds is 3. The van der Waals surface area contributed by atoms with Crippen LogP contribution >= 0.6 is 0 Å². The van der Waals surface area contributed by atoms with E-state index < -0.39 is 0 Å². The van der Waals surface area contributed by atoms with E-state index >= 15 is 0 Å². The van der Waals surface area contributed by atoms with E-state index in [0.717, 1.165) is 18.8 Å². The number of hydrogen-bond donors (Lipinski definition) is 1. The first-order chi connectivity index (χ1) is 6.74. The van der Waals surface area contributed by atoms with E-state index in [0.29, 0.717) is 5.92 Å². The molecule has 0 aromatic rings. The third-order valence-electron chi connectivity index (χ3n) is 4.53. The molecule has 2 unspecified atom stereocenters. The number of hydrogen-bond acceptors (Lipinski definition) is 1. The maximum Gasteiger partial charge on any atom is 0.0678 e. The molecule has 0 aromatic heterocycles. The first-order valence-electron chi connectivity index (χ1n) is 6.47. The van der Waals surface area contributed by atoms with Crippen molar-refractivity contribution in [1.29, 1.82) is 0 Å². The van der Waals surface area contributed by atoms with Crippen LogP contribution in [-0.4, -0.2) is 10.7 Å². The minimum atomic E-state index is -0.274. The molecule has 0 spiro atoms. The minimum absolute atomic E-state index is 0.274. The second kappa shape index (κ2) is 4.22. The van der Waals surface area contributed by atoms with Gasteiger partial charge in [0.15, 0.2) is 0 Å². The highest BCUT2D eigenvalue weighted by molar-refractivity contribution is 4.93. The van der Waals surface area contributed by atoms with Crippen LogP contribution in [0.2, 0.25) is 0 Å². The molecule has 0 aliphatic heterocycles. The Morgan fingerprint density at radius 3 is 2.50 bits per heavy atom. The second-order valence-corrected chi connectivity index (χ2v) is 5.46. The molecule has 14 heavy (non-hydrogen) atoms. The molecule has 1 N–H and O–H groups in total. The maximum absolute atomic E-state index is 10.6. The van der Waals surface area contributed by atoms with Crippen LogP contribution in [0.3, 0.4) is 0 Å². The van der Waals surface area contributed by atoms with Crippen LogP contribution in [0.4, 0.5) is 0 Å². The van der Waals surface area contributed by atoms with E-state index in [4.69, 9.17) is 0 Å². The SMILES string of the molecule is CCC1CCCC1(O)CC1CCCC1. The standard InChI is InChI=1S/C13H24O/c1-2-12-8-5-9-13(12,14)10-11-6-3-4-7-11/h11-12,14H,2-10H2,1H3. The lowest BCUT2D eigenvalue weighted by Crippen LogP contribution is -2.34. The largest absolute Gasteiger partial charge is 0.390 e. The third-order valence-corrected chi connectivity index (χ3v) is 4.53. The molecule has 2 fully saturated rings. The molecule has 0 bridgehead atoms. The molecule has 2 aliphatic carbocycles. The molecule has 82 valence electrons. The van der Waals surface area contributed by atoms with Gasteiger partial charge < -0.3 is 5.11 Å². The van der Waals surface area contributed by atoms with Crippen molar-refractivity contribution < 1.29 is 5.11 Å². The van der Waals surface area contributed by atoms with E-state index in [1.54, 1.807) is 0 Å². The van der Waals surface area contributed by atoms with Crippen molar-refractivity contribution in [3.8, 4) is 0 Å². The van der Waals surface area contributed by atoms with Crippen molar-refractivity contribution in [2.45, 2.75) is 70.3 Å². The summed E-state index contributed by atoms with van der Waals surface area (Å²) in [6.45, 7) is 2.23. The van der Waals surface area contributed by atoms with Crippen molar-refractivity contribution in [2.75, 3.05) is 0 Å². The third kappa shape index (κ3) is 1.98. The fourth-order valence-electron chi connectivity index (χ4n) is 3.69. The number of aliphatic hydroxyl groups is 1. The molecule has 2 atom stereocenters. The van der Waals surface area contributed by atoms with Crippen molar-refractivity contribution in [3.05, 3.63) is 0 Å². The lowest BCUT2D eigenvalue weighted by molar-refractivity contribution is -0.0202. The van der Waals surface area contributed by atoms with E-state index in [1.807, 2.05) is 0 Å². The Labute approximate surface area is 87.9 Å². The summed E-state index contributed by atoms with van der Waals surface area (Å²) in [5, 5.41) is 10.6. The van der Waals surface area contributed by atoms with Gasteiger partial charge in [-0.1, -0.05) is 45.4 Å². The summed E-state index contributed by atoms with van der Waals surface area (Å²) >= 11 is 0. The fraction of sp³-hybridized carbons (Fsp3) is 1.00. The Kier molecular flexibility index (Phi) is 3.16. The normalized spacial score (nSPS) is 39.4. The second-order valence-electron chi connectivity index (χ2n) is 5.46. The van der Waals surface area contributed by atoms with Gasteiger partial charge in [0.05, 0.1) is 5.60 Å². The summed E-state index contributed by atoms with van der Waals surface area (Å²) in [5.41, 5.74) is -0.274. The highest BCUT2D eigenvalue weighted by Gasteiger charge is 2.41. The van der Waals surface area contributed by atoms with Gasteiger partial charge in [-0.05, 0) is 31.1 Å². The van der Waals surface area contributed by atoms with Crippen molar-refractivity contribution in [2.24, 2.45) is 11.8 Å². The van der Waals surface area contributed by atoms with Crippen molar-refractivity contribution in [1.82, 2.24) is 0 Å². The molecule has 2 rings (SSSR count). The van der Waals surface area contributed by atoms with Gasteiger partial charge in [-0.25, -0.2) is 0 Å². The molecule has 2 saturated carbocycles. The molecular formula is C13H24O. The van der Waals surface area contributed by atoms with Crippen LogP contribution in [0.1, 0.15) is 64.7 Å². The summed E-state index contributed by atoms with van der Waals surface area (Å²) in [7, 11) is 0. The average molecular weight is 196 g/mol. The minimum Gasteiger partial charge on any atom is -0.390 e. The average Bonchev–Trinajstić information content (AvgIpc) is 2.75. The zero-order chi connectivity index (χ0) is 10.0. The Morgan fingerprint density at radius 1 is 1.14 bits per heavy atom. The smallest absolute Gasteiger partial charge is 0.0678 e. The molecule has 2 aliphatic rings. The predicted octanol–water partition coefficient (Wildman–Crippen LogP) is 3.51. The van der Waals surface area contributed by atoms with E-state index in [-0.39, 0.29) is 5.60 Å². The quantitative estimate of drug-likeness (QED) is 0.732. The lowest BCUT2D eigenvalue weighted by atomic mass is 9.80. The van der Waals surface area contributed by atoms with Gasteiger partial charge in [-0.2, -0.15) is 0 Å². The van der Waals surface area contributed by atoms with Crippen LogP contribution in [0.15, 0.2) is 0 Å². The van der Waals surface area contributed by atoms with Gasteiger partial charge in [-0.3, -0.25) is 0 Å². The molecule has 0 amide bonds. The van der Waals surface area contributed by atoms with Crippen LogP contribution in [0.5, 0.6) is 0 Å². The zero-order valence-corrected chi connectivity index (χ0v) is 9.47. The fourth-order valence-corrected chi connectivity index (χ4v) is 3.69. The van der Waals surface area contributed by atoms with Crippen molar-refractivity contribution in [3.63, 3.8) is 0 Å². The molecular weight excluding hydrogens is 172 g/mol. The highest BCUT2D eigenvalue weighted by Crippen LogP contribution is 2.44. The van der Waals surface area contributed by atoms with Gasteiger partial charge in [0, 0.05) is 0 Å². The van der Waals surface area contributed by atoms with Crippen LogP contribution in [0, 0.1) is 11.8 Å². The van der Waals surface area contributed by atoms with Crippen LogP contribution in [-0.2, 0) is 0 Å². The van der Waals surface area contributed by atoms with Gasteiger partial charge in [0.25, 0.3) is 0 Å². The Hall–Kier alpha value is -0.0400. The van der Waals surface area contributed by atoms with Gasteiger partial charge in [0.2, 0.25) is 0 Å². The monoisotopic (exact) mass is 196 g/mol. The van der Waals surface area contributed by atoms with E-state index in [1.165, 1.54) is 44.9 Å².